The molecule has 3 N–H and O–H groups in total. The Morgan fingerprint density at radius 2 is 1.74 bits per heavy atom. The lowest BCUT2D eigenvalue weighted by Crippen LogP contribution is -2.21. The second-order valence-electron chi connectivity index (χ2n) is 6.89. The average molecular weight is 326 g/mol. The van der Waals surface area contributed by atoms with Gasteiger partial charge in [0.25, 0.3) is 0 Å². The molecule has 4 heteroatoms. The molecule has 0 aromatic heterocycles. The van der Waals surface area contributed by atoms with Crippen LogP contribution < -0.4 is 0 Å². The minimum absolute atomic E-state index is 0.145. The highest BCUT2D eigenvalue weighted by molar-refractivity contribution is 5.66. The van der Waals surface area contributed by atoms with Gasteiger partial charge in [-0.2, -0.15) is 0 Å². The van der Waals surface area contributed by atoms with Crippen molar-refractivity contribution in [3.63, 3.8) is 0 Å². The van der Waals surface area contributed by atoms with Crippen LogP contribution in [0.4, 0.5) is 0 Å². The van der Waals surface area contributed by atoms with Crippen LogP contribution in [0.25, 0.3) is 0 Å². The molecule has 0 amide bonds. The Labute approximate surface area is 140 Å². The number of hydrogen-bond donors (Lipinski definition) is 3. The third-order valence-corrected chi connectivity index (χ3v) is 5.00. The first-order valence-electron chi connectivity index (χ1n) is 9.29. The Balaban J connectivity index is 2.31. The van der Waals surface area contributed by atoms with Crippen molar-refractivity contribution in [1.82, 2.24) is 0 Å². The summed E-state index contributed by atoms with van der Waals surface area (Å²) in [4.78, 5) is 10.5. The van der Waals surface area contributed by atoms with Crippen LogP contribution in [0, 0.1) is 11.8 Å². The van der Waals surface area contributed by atoms with Crippen LogP contribution in [0.1, 0.15) is 77.6 Å². The number of aliphatic hydroxyl groups is 2. The lowest BCUT2D eigenvalue weighted by atomic mass is 9.86. The number of unbranched alkanes of at least 4 members (excludes halogenated alkanes) is 5. The zero-order chi connectivity index (χ0) is 17.1. The zero-order valence-corrected chi connectivity index (χ0v) is 14.5. The van der Waals surface area contributed by atoms with Crippen molar-refractivity contribution < 1.29 is 20.1 Å². The van der Waals surface area contributed by atoms with Crippen LogP contribution in [-0.4, -0.2) is 33.5 Å². The quantitative estimate of drug-likeness (QED) is 0.375. The van der Waals surface area contributed by atoms with Crippen LogP contribution in [-0.2, 0) is 4.79 Å². The van der Waals surface area contributed by atoms with Gasteiger partial charge in [0.15, 0.2) is 0 Å². The summed E-state index contributed by atoms with van der Waals surface area (Å²) >= 11 is 0. The maximum absolute atomic E-state index is 10.5. The van der Waals surface area contributed by atoms with Crippen LogP contribution in [0.3, 0.4) is 0 Å². The summed E-state index contributed by atoms with van der Waals surface area (Å²) in [5, 5.41) is 29.0. The van der Waals surface area contributed by atoms with E-state index >= 15 is 0 Å². The maximum Gasteiger partial charge on any atom is 0.303 e. The van der Waals surface area contributed by atoms with Crippen molar-refractivity contribution >= 4 is 5.97 Å². The largest absolute Gasteiger partial charge is 0.481 e. The Kier molecular flexibility index (Phi) is 10.2. The first kappa shape index (κ1) is 20.2. The SMILES string of the molecule is CCCCCC=CC[C@H]1[C@H](CCCCCC(=O)O)[C@H](O)C[C@@H]1O. The molecule has 1 aliphatic carbocycles. The van der Waals surface area contributed by atoms with Gasteiger partial charge in [-0.05, 0) is 50.4 Å². The number of rotatable bonds is 12. The van der Waals surface area contributed by atoms with E-state index < -0.39 is 18.2 Å². The number of aliphatic carboxylic acids is 1. The number of carboxylic acids is 1. The summed E-state index contributed by atoms with van der Waals surface area (Å²) in [5.41, 5.74) is 0. The molecule has 0 heterocycles. The van der Waals surface area contributed by atoms with Gasteiger partial charge >= 0.3 is 5.97 Å². The number of allylic oxidation sites excluding steroid dienone is 2. The highest BCUT2D eigenvalue weighted by atomic mass is 16.4. The molecule has 0 aromatic rings. The van der Waals surface area contributed by atoms with E-state index in [1.54, 1.807) is 0 Å². The molecular weight excluding hydrogens is 292 g/mol. The summed E-state index contributed by atoms with van der Waals surface area (Å²) < 4.78 is 0. The number of carboxylic acid groups (broad SMARTS) is 1. The van der Waals surface area contributed by atoms with E-state index in [1.807, 2.05) is 0 Å². The maximum atomic E-state index is 10.5. The topological polar surface area (TPSA) is 77.8 Å². The van der Waals surface area contributed by atoms with Gasteiger partial charge in [-0.15, -0.1) is 0 Å². The standard InChI is InChI=1S/C19H34O4/c1-2-3-4-5-6-8-11-15-16(18(21)14-17(15)20)12-9-7-10-13-19(22)23/h6,8,15-18,20-21H,2-5,7,9-14H2,1H3,(H,22,23)/t15-,16-,17-,18+/m0/s1. The van der Waals surface area contributed by atoms with Gasteiger partial charge in [0, 0.05) is 6.42 Å². The molecular formula is C19H34O4. The molecule has 0 radical (unpaired) electrons. The summed E-state index contributed by atoms with van der Waals surface area (Å²) in [6.07, 6.45) is 13.3. The molecule has 0 bridgehead atoms. The fourth-order valence-electron chi connectivity index (χ4n) is 3.62. The van der Waals surface area contributed by atoms with E-state index in [-0.39, 0.29) is 18.3 Å². The minimum Gasteiger partial charge on any atom is -0.481 e. The van der Waals surface area contributed by atoms with E-state index in [0.29, 0.717) is 12.8 Å². The molecule has 23 heavy (non-hydrogen) atoms. The number of aliphatic hydroxyl groups excluding tert-OH is 2. The van der Waals surface area contributed by atoms with Crippen LogP contribution in [0.2, 0.25) is 0 Å². The molecule has 0 aliphatic heterocycles. The van der Waals surface area contributed by atoms with E-state index in [2.05, 4.69) is 19.1 Å². The van der Waals surface area contributed by atoms with Crippen LogP contribution in [0.15, 0.2) is 12.2 Å². The third kappa shape index (κ3) is 7.98. The zero-order valence-electron chi connectivity index (χ0n) is 14.5. The van der Waals surface area contributed by atoms with E-state index in [1.165, 1.54) is 19.3 Å². The molecule has 0 saturated heterocycles. The molecule has 1 aliphatic rings. The molecule has 4 atom stereocenters. The lowest BCUT2D eigenvalue weighted by Gasteiger charge is -2.22. The van der Waals surface area contributed by atoms with Gasteiger partial charge in [-0.3, -0.25) is 4.79 Å². The van der Waals surface area contributed by atoms with Crippen molar-refractivity contribution in [2.75, 3.05) is 0 Å². The van der Waals surface area contributed by atoms with Gasteiger partial charge in [0.1, 0.15) is 0 Å². The number of carbonyl (C=O) groups is 1. The highest BCUT2D eigenvalue weighted by Crippen LogP contribution is 2.38. The molecule has 1 rings (SSSR count). The van der Waals surface area contributed by atoms with Crippen molar-refractivity contribution in [2.45, 2.75) is 89.8 Å². The van der Waals surface area contributed by atoms with Crippen LogP contribution in [0.5, 0.6) is 0 Å². The summed E-state index contributed by atoms with van der Waals surface area (Å²) in [7, 11) is 0. The van der Waals surface area contributed by atoms with Crippen molar-refractivity contribution in [2.24, 2.45) is 11.8 Å². The molecule has 1 saturated carbocycles. The molecule has 0 aromatic carbocycles. The highest BCUT2D eigenvalue weighted by Gasteiger charge is 2.40. The monoisotopic (exact) mass is 326 g/mol. The summed E-state index contributed by atoms with van der Waals surface area (Å²) in [6.45, 7) is 2.20. The van der Waals surface area contributed by atoms with Crippen LogP contribution >= 0.6 is 0 Å². The first-order valence-corrected chi connectivity index (χ1v) is 9.29. The normalized spacial score (nSPS) is 27.8. The van der Waals surface area contributed by atoms with E-state index in [9.17, 15) is 15.0 Å². The molecule has 0 unspecified atom stereocenters. The molecule has 0 spiro atoms. The van der Waals surface area contributed by atoms with E-state index in [0.717, 1.165) is 32.1 Å². The van der Waals surface area contributed by atoms with Gasteiger partial charge in [-0.1, -0.05) is 44.8 Å². The smallest absolute Gasteiger partial charge is 0.303 e. The predicted octanol–water partition coefficient (Wildman–Crippen LogP) is 3.91. The average Bonchev–Trinajstić information content (AvgIpc) is 2.76. The fourth-order valence-corrected chi connectivity index (χ4v) is 3.62. The Morgan fingerprint density at radius 3 is 2.43 bits per heavy atom. The Bertz CT molecular complexity index is 353. The minimum atomic E-state index is -0.743. The first-order chi connectivity index (χ1) is 11.1. The van der Waals surface area contributed by atoms with Gasteiger partial charge in [0.05, 0.1) is 12.2 Å². The van der Waals surface area contributed by atoms with Gasteiger partial charge in [-0.25, -0.2) is 0 Å². The Hall–Kier alpha value is -0.870. The van der Waals surface area contributed by atoms with Gasteiger partial charge < -0.3 is 15.3 Å². The summed E-state index contributed by atoms with van der Waals surface area (Å²) in [6, 6.07) is 0. The van der Waals surface area contributed by atoms with E-state index in [4.69, 9.17) is 5.11 Å². The van der Waals surface area contributed by atoms with Gasteiger partial charge in [0.2, 0.25) is 0 Å². The Morgan fingerprint density at radius 1 is 1.00 bits per heavy atom. The third-order valence-electron chi connectivity index (χ3n) is 5.00. The number of hydrogen-bond acceptors (Lipinski definition) is 3. The molecule has 4 nitrogen and oxygen atoms in total. The second kappa shape index (κ2) is 11.6. The second-order valence-corrected chi connectivity index (χ2v) is 6.89. The molecule has 1 fully saturated rings. The summed E-state index contributed by atoms with van der Waals surface area (Å²) in [5.74, 6) is -0.450. The molecule has 134 valence electrons. The fraction of sp³-hybridized carbons (Fsp3) is 0.842. The predicted molar refractivity (Wildman–Crippen MR) is 92.2 cm³/mol. The lowest BCUT2D eigenvalue weighted by molar-refractivity contribution is -0.137. The van der Waals surface area contributed by atoms with Crippen molar-refractivity contribution in [3.8, 4) is 0 Å². The van der Waals surface area contributed by atoms with Crippen molar-refractivity contribution in [3.05, 3.63) is 12.2 Å². The van der Waals surface area contributed by atoms with Crippen molar-refractivity contribution in [1.29, 1.82) is 0 Å².